The molecule has 1 unspecified atom stereocenters. The van der Waals surface area contributed by atoms with Crippen molar-refractivity contribution in [3.8, 4) is 0 Å². The molecule has 1 fully saturated rings. The highest BCUT2D eigenvalue weighted by Crippen LogP contribution is 2.03. The van der Waals surface area contributed by atoms with E-state index in [2.05, 4.69) is 15.6 Å². The van der Waals surface area contributed by atoms with Crippen molar-refractivity contribution in [3.05, 3.63) is 45.1 Å². The Labute approximate surface area is 138 Å². The first kappa shape index (κ1) is 17.2. The van der Waals surface area contributed by atoms with Gasteiger partial charge in [-0.1, -0.05) is 12.1 Å². The summed E-state index contributed by atoms with van der Waals surface area (Å²) in [6, 6.07) is 6.81. The third-order valence-electron chi connectivity index (χ3n) is 3.85. The van der Waals surface area contributed by atoms with E-state index in [4.69, 9.17) is 0 Å². The predicted molar refractivity (Wildman–Crippen MR) is 90.1 cm³/mol. The summed E-state index contributed by atoms with van der Waals surface area (Å²) in [6.07, 6.45) is 1.91. The second kappa shape index (κ2) is 7.43. The third kappa shape index (κ3) is 3.80. The van der Waals surface area contributed by atoms with Gasteiger partial charge < -0.3 is 15.6 Å². The molecule has 0 spiro atoms. The lowest BCUT2D eigenvalue weighted by molar-refractivity contribution is -0.122. The van der Waals surface area contributed by atoms with Crippen LogP contribution in [-0.2, 0) is 11.3 Å². The van der Waals surface area contributed by atoms with Crippen molar-refractivity contribution in [3.63, 3.8) is 0 Å². The van der Waals surface area contributed by atoms with Crippen molar-refractivity contribution in [2.75, 3.05) is 13.1 Å². The summed E-state index contributed by atoms with van der Waals surface area (Å²) in [5.41, 5.74) is -0.539. The van der Waals surface area contributed by atoms with Crippen LogP contribution >= 0.6 is 12.4 Å². The number of hydrogen-bond donors (Lipinski definition) is 3. The van der Waals surface area contributed by atoms with Crippen molar-refractivity contribution in [2.24, 2.45) is 0 Å². The van der Waals surface area contributed by atoms with Crippen LogP contribution in [0.25, 0.3) is 10.9 Å². The lowest BCUT2D eigenvalue weighted by atomic mass is 10.1. The number of aromatic nitrogens is 2. The van der Waals surface area contributed by atoms with E-state index in [1.54, 1.807) is 24.3 Å². The number of hydrogen-bond acceptors (Lipinski definition) is 4. The van der Waals surface area contributed by atoms with Crippen LogP contribution in [-0.4, -0.2) is 34.6 Å². The van der Waals surface area contributed by atoms with E-state index in [0.717, 1.165) is 24.0 Å². The first-order valence-electron chi connectivity index (χ1n) is 7.37. The van der Waals surface area contributed by atoms with Gasteiger partial charge in [-0.2, -0.15) is 0 Å². The summed E-state index contributed by atoms with van der Waals surface area (Å²) in [5.74, 6) is -0.323. The van der Waals surface area contributed by atoms with Gasteiger partial charge in [-0.15, -0.1) is 12.4 Å². The minimum atomic E-state index is -0.569. The second-order valence-corrected chi connectivity index (χ2v) is 5.48. The maximum Gasteiger partial charge on any atom is 0.329 e. The molecule has 1 aliphatic heterocycles. The van der Waals surface area contributed by atoms with E-state index in [9.17, 15) is 14.4 Å². The largest absolute Gasteiger partial charge is 0.351 e. The van der Waals surface area contributed by atoms with E-state index in [0.29, 0.717) is 17.4 Å². The minimum absolute atomic E-state index is 0. The van der Waals surface area contributed by atoms with Gasteiger partial charge in [-0.05, 0) is 31.5 Å². The Hall–Kier alpha value is -2.12. The first-order valence-corrected chi connectivity index (χ1v) is 7.37. The number of carbonyl (C=O) groups excluding carboxylic acids is 1. The first-order chi connectivity index (χ1) is 10.6. The van der Waals surface area contributed by atoms with Gasteiger partial charge in [-0.25, -0.2) is 4.79 Å². The maximum atomic E-state index is 12.3. The number of H-pyrrole nitrogens is 1. The Morgan fingerprint density at radius 2 is 2.09 bits per heavy atom. The standard InChI is InChI=1S/C15H18N4O3.ClH/c20-13(17-10-4-3-7-16-8-10)9-19-14(21)11-5-1-2-6-12(11)18-15(19)22;/h1-2,5-6,10,16H,3-4,7-9H2,(H,17,20)(H,18,22);1H. The molecule has 1 atom stereocenters. The molecule has 8 heteroatoms. The summed E-state index contributed by atoms with van der Waals surface area (Å²) in [6.45, 7) is 1.40. The lowest BCUT2D eigenvalue weighted by Crippen LogP contribution is -2.48. The van der Waals surface area contributed by atoms with Crippen molar-refractivity contribution < 1.29 is 4.79 Å². The Balaban J connectivity index is 0.00000192. The van der Waals surface area contributed by atoms with Crippen LogP contribution in [0.5, 0.6) is 0 Å². The Morgan fingerprint density at radius 3 is 2.83 bits per heavy atom. The van der Waals surface area contributed by atoms with Gasteiger partial charge in [0.15, 0.2) is 0 Å². The highest BCUT2D eigenvalue weighted by Gasteiger charge is 2.17. The summed E-state index contributed by atoms with van der Waals surface area (Å²) < 4.78 is 0.938. The molecule has 2 aromatic rings. The minimum Gasteiger partial charge on any atom is -0.351 e. The van der Waals surface area contributed by atoms with Gasteiger partial charge in [0.1, 0.15) is 6.54 Å². The molecule has 2 heterocycles. The van der Waals surface area contributed by atoms with Gasteiger partial charge in [0.2, 0.25) is 5.91 Å². The van der Waals surface area contributed by atoms with Crippen molar-refractivity contribution in [1.82, 2.24) is 20.2 Å². The summed E-state index contributed by atoms with van der Waals surface area (Å²) in [7, 11) is 0. The molecule has 124 valence electrons. The molecular formula is C15H19ClN4O3. The zero-order chi connectivity index (χ0) is 15.5. The van der Waals surface area contributed by atoms with E-state index in [-0.39, 0.29) is 30.9 Å². The normalized spacial score (nSPS) is 17.5. The fraction of sp³-hybridized carbons (Fsp3) is 0.400. The molecule has 1 amide bonds. The van der Waals surface area contributed by atoms with Crippen LogP contribution in [0.4, 0.5) is 0 Å². The molecule has 7 nitrogen and oxygen atoms in total. The van der Waals surface area contributed by atoms with E-state index < -0.39 is 11.2 Å². The summed E-state index contributed by atoms with van der Waals surface area (Å²) in [4.78, 5) is 39.0. The monoisotopic (exact) mass is 338 g/mol. The molecule has 1 saturated heterocycles. The second-order valence-electron chi connectivity index (χ2n) is 5.48. The Bertz CT molecular complexity index is 808. The molecule has 0 aliphatic carbocycles. The van der Waals surface area contributed by atoms with Crippen LogP contribution < -0.4 is 21.9 Å². The topological polar surface area (TPSA) is 96.0 Å². The van der Waals surface area contributed by atoms with Crippen LogP contribution in [0.3, 0.4) is 0 Å². The molecule has 0 saturated carbocycles. The van der Waals surface area contributed by atoms with Gasteiger partial charge in [0, 0.05) is 12.6 Å². The zero-order valence-electron chi connectivity index (χ0n) is 12.5. The molecule has 0 bridgehead atoms. The van der Waals surface area contributed by atoms with Crippen LogP contribution in [0.15, 0.2) is 33.9 Å². The molecule has 0 radical (unpaired) electrons. The van der Waals surface area contributed by atoms with Crippen LogP contribution in [0.2, 0.25) is 0 Å². The highest BCUT2D eigenvalue weighted by molar-refractivity contribution is 5.85. The fourth-order valence-corrected chi connectivity index (χ4v) is 2.73. The molecule has 23 heavy (non-hydrogen) atoms. The van der Waals surface area contributed by atoms with Crippen LogP contribution in [0, 0.1) is 0 Å². The Morgan fingerprint density at radius 1 is 1.30 bits per heavy atom. The summed E-state index contributed by atoms with van der Waals surface area (Å²) >= 11 is 0. The number of halogens is 1. The van der Waals surface area contributed by atoms with Gasteiger partial charge in [0.25, 0.3) is 5.56 Å². The van der Waals surface area contributed by atoms with E-state index >= 15 is 0 Å². The molecule has 1 aromatic heterocycles. The number of aromatic amines is 1. The number of carbonyl (C=O) groups is 1. The number of piperidine rings is 1. The maximum absolute atomic E-state index is 12.3. The number of benzene rings is 1. The predicted octanol–water partition coefficient (Wildman–Crippen LogP) is -0.0202. The van der Waals surface area contributed by atoms with Gasteiger partial charge in [-0.3, -0.25) is 14.2 Å². The highest BCUT2D eigenvalue weighted by atomic mass is 35.5. The van der Waals surface area contributed by atoms with Crippen molar-refractivity contribution in [2.45, 2.75) is 25.4 Å². The third-order valence-corrected chi connectivity index (χ3v) is 3.85. The average Bonchev–Trinajstić information content (AvgIpc) is 2.52. The zero-order valence-corrected chi connectivity index (χ0v) is 13.3. The van der Waals surface area contributed by atoms with Crippen molar-refractivity contribution >= 4 is 29.2 Å². The molecule has 1 aromatic carbocycles. The average molecular weight is 339 g/mol. The molecule has 3 rings (SSSR count). The number of nitrogens with zero attached hydrogens (tertiary/aromatic N) is 1. The fourth-order valence-electron chi connectivity index (χ4n) is 2.73. The smallest absolute Gasteiger partial charge is 0.329 e. The van der Waals surface area contributed by atoms with E-state index in [1.165, 1.54) is 0 Å². The lowest BCUT2D eigenvalue weighted by Gasteiger charge is -2.23. The number of amides is 1. The number of fused-ring (bicyclic) bond motifs is 1. The molecular weight excluding hydrogens is 320 g/mol. The Kier molecular flexibility index (Phi) is 5.57. The van der Waals surface area contributed by atoms with E-state index in [1.807, 2.05) is 0 Å². The van der Waals surface area contributed by atoms with Gasteiger partial charge in [0.05, 0.1) is 10.9 Å². The SMILES string of the molecule is Cl.O=C(Cn1c(=O)[nH]c2ccccc2c1=O)NC1CCCNC1. The molecule has 3 N–H and O–H groups in total. The number of rotatable bonds is 3. The number of para-hydroxylation sites is 1. The number of nitrogens with one attached hydrogen (secondary N) is 3. The van der Waals surface area contributed by atoms with Gasteiger partial charge >= 0.3 is 5.69 Å². The quantitative estimate of drug-likeness (QED) is 0.733. The molecule has 1 aliphatic rings. The van der Waals surface area contributed by atoms with Crippen LogP contribution in [0.1, 0.15) is 12.8 Å². The summed E-state index contributed by atoms with van der Waals surface area (Å²) in [5, 5.41) is 6.45. The van der Waals surface area contributed by atoms with Crippen molar-refractivity contribution in [1.29, 1.82) is 0 Å².